The standard InChI is InChI=1S/C21H16Cl2N2O5/c1-11(26)30-13-3-4-14-15(9-13)20(17(23)10-16(14)22)25-21(27)24-12-2-5-18-19(8-12)29-7-6-28-18/h2-5,8-10H,6-7H2,1H3,(H2,24,25,27). The Hall–Kier alpha value is -3.16. The molecule has 7 nitrogen and oxygen atoms in total. The normalized spacial score (nSPS) is 12.4. The topological polar surface area (TPSA) is 85.9 Å². The van der Waals surface area contributed by atoms with Gasteiger partial charge in [0.05, 0.1) is 15.7 Å². The van der Waals surface area contributed by atoms with E-state index in [0.29, 0.717) is 57.6 Å². The number of hydrogen-bond acceptors (Lipinski definition) is 5. The molecule has 0 aliphatic carbocycles. The van der Waals surface area contributed by atoms with Crippen LogP contribution in [0.3, 0.4) is 0 Å². The van der Waals surface area contributed by atoms with Gasteiger partial charge in [0.2, 0.25) is 0 Å². The summed E-state index contributed by atoms with van der Waals surface area (Å²) < 4.78 is 16.1. The predicted molar refractivity (Wildman–Crippen MR) is 115 cm³/mol. The number of fused-ring (bicyclic) bond motifs is 2. The molecule has 0 radical (unpaired) electrons. The van der Waals surface area contributed by atoms with Gasteiger partial charge in [-0.25, -0.2) is 4.79 Å². The Morgan fingerprint density at radius 3 is 2.43 bits per heavy atom. The zero-order chi connectivity index (χ0) is 21.3. The molecule has 1 heterocycles. The van der Waals surface area contributed by atoms with Crippen molar-refractivity contribution in [3.8, 4) is 17.2 Å². The number of esters is 1. The van der Waals surface area contributed by atoms with Crippen LogP contribution in [-0.4, -0.2) is 25.2 Å². The fourth-order valence-corrected chi connectivity index (χ4v) is 3.67. The second-order valence-corrected chi connectivity index (χ2v) is 7.27. The maximum absolute atomic E-state index is 12.6. The minimum Gasteiger partial charge on any atom is -0.486 e. The van der Waals surface area contributed by atoms with E-state index in [1.165, 1.54) is 13.0 Å². The second kappa shape index (κ2) is 8.30. The molecule has 2 N–H and O–H groups in total. The van der Waals surface area contributed by atoms with E-state index in [1.54, 1.807) is 36.4 Å². The van der Waals surface area contributed by atoms with E-state index < -0.39 is 12.0 Å². The van der Waals surface area contributed by atoms with Gasteiger partial charge in [-0.15, -0.1) is 0 Å². The number of urea groups is 1. The van der Waals surface area contributed by atoms with E-state index in [0.717, 1.165) is 0 Å². The predicted octanol–water partition coefficient (Wildman–Crippen LogP) is 5.49. The highest BCUT2D eigenvalue weighted by atomic mass is 35.5. The number of carbonyl (C=O) groups is 2. The number of amides is 2. The molecule has 3 aromatic carbocycles. The average Bonchev–Trinajstić information content (AvgIpc) is 2.70. The molecule has 4 rings (SSSR count). The van der Waals surface area contributed by atoms with Gasteiger partial charge in [0.25, 0.3) is 0 Å². The molecule has 9 heteroatoms. The molecule has 0 spiro atoms. The lowest BCUT2D eigenvalue weighted by molar-refractivity contribution is -0.131. The quantitative estimate of drug-likeness (QED) is 0.410. The van der Waals surface area contributed by atoms with E-state index >= 15 is 0 Å². The second-order valence-electron chi connectivity index (χ2n) is 6.45. The lowest BCUT2D eigenvalue weighted by Gasteiger charge is -2.19. The highest BCUT2D eigenvalue weighted by Gasteiger charge is 2.16. The molecule has 2 amide bonds. The van der Waals surface area contributed by atoms with Crippen molar-refractivity contribution in [3.05, 3.63) is 52.5 Å². The van der Waals surface area contributed by atoms with Crippen molar-refractivity contribution >= 4 is 57.3 Å². The van der Waals surface area contributed by atoms with E-state index in [4.69, 9.17) is 37.4 Å². The van der Waals surface area contributed by atoms with Crippen LogP contribution >= 0.6 is 23.2 Å². The van der Waals surface area contributed by atoms with E-state index in [1.807, 2.05) is 0 Å². The van der Waals surface area contributed by atoms with Crippen molar-refractivity contribution in [3.63, 3.8) is 0 Å². The third-order valence-electron chi connectivity index (χ3n) is 4.31. The minimum absolute atomic E-state index is 0.241. The first-order chi connectivity index (χ1) is 14.4. The average molecular weight is 447 g/mol. The Bertz CT molecular complexity index is 1170. The van der Waals surface area contributed by atoms with Crippen LogP contribution in [0.15, 0.2) is 42.5 Å². The summed E-state index contributed by atoms with van der Waals surface area (Å²) in [4.78, 5) is 23.9. The molecule has 3 aromatic rings. The van der Waals surface area contributed by atoms with Crippen LogP contribution in [0.4, 0.5) is 16.2 Å². The maximum atomic E-state index is 12.6. The largest absolute Gasteiger partial charge is 0.486 e. The summed E-state index contributed by atoms with van der Waals surface area (Å²) in [6.07, 6.45) is 0. The zero-order valence-electron chi connectivity index (χ0n) is 15.8. The van der Waals surface area contributed by atoms with Crippen molar-refractivity contribution in [2.24, 2.45) is 0 Å². The molecule has 0 bridgehead atoms. The SMILES string of the molecule is CC(=O)Oc1ccc2c(Cl)cc(Cl)c(NC(=O)Nc3ccc4c(c3)OCCO4)c2c1. The van der Waals surface area contributed by atoms with Gasteiger partial charge >= 0.3 is 12.0 Å². The lowest BCUT2D eigenvalue weighted by atomic mass is 10.1. The molecular weight excluding hydrogens is 431 g/mol. The van der Waals surface area contributed by atoms with Crippen molar-refractivity contribution < 1.29 is 23.8 Å². The van der Waals surface area contributed by atoms with Gasteiger partial charge in [0, 0.05) is 29.4 Å². The number of ether oxygens (including phenoxy) is 3. The Morgan fingerprint density at radius 2 is 1.67 bits per heavy atom. The first-order valence-corrected chi connectivity index (χ1v) is 9.74. The molecule has 1 aliphatic rings. The number of halogens is 2. The monoisotopic (exact) mass is 446 g/mol. The molecular formula is C21H16Cl2N2O5. The van der Waals surface area contributed by atoms with Crippen molar-refractivity contribution in [2.45, 2.75) is 6.92 Å². The van der Waals surface area contributed by atoms with E-state index in [-0.39, 0.29) is 5.02 Å². The summed E-state index contributed by atoms with van der Waals surface area (Å²) in [5.41, 5.74) is 0.854. The Kier molecular flexibility index (Phi) is 5.57. The fourth-order valence-electron chi connectivity index (χ4n) is 3.08. The summed E-state index contributed by atoms with van der Waals surface area (Å²) in [7, 11) is 0. The molecule has 0 atom stereocenters. The minimum atomic E-state index is -0.518. The van der Waals surface area contributed by atoms with Gasteiger partial charge in [-0.3, -0.25) is 4.79 Å². The molecule has 0 aromatic heterocycles. The number of nitrogens with one attached hydrogen (secondary N) is 2. The van der Waals surface area contributed by atoms with Crippen LogP contribution in [0.25, 0.3) is 10.8 Å². The fraction of sp³-hybridized carbons (Fsp3) is 0.143. The van der Waals surface area contributed by atoms with Crippen LogP contribution in [-0.2, 0) is 4.79 Å². The number of hydrogen-bond donors (Lipinski definition) is 2. The molecule has 0 fully saturated rings. The molecule has 0 saturated carbocycles. The van der Waals surface area contributed by atoms with Crippen LogP contribution in [0.1, 0.15) is 6.92 Å². The molecule has 0 saturated heterocycles. The number of carbonyl (C=O) groups excluding carboxylic acids is 2. The summed E-state index contributed by atoms with van der Waals surface area (Å²) in [6.45, 7) is 2.23. The van der Waals surface area contributed by atoms with Crippen LogP contribution in [0, 0.1) is 0 Å². The van der Waals surface area contributed by atoms with Crippen molar-refractivity contribution in [1.29, 1.82) is 0 Å². The Balaban J connectivity index is 1.62. The smallest absolute Gasteiger partial charge is 0.323 e. The summed E-state index contributed by atoms with van der Waals surface area (Å²) >= 11 is 12.6. The molecule has 30 heavy (non-hydrogen) atoms. The first kappa shape index (κ1) is 20.1. The number of benzene rings is 3. The van der Waals surface area contributed by atoms with Gasteiger partial charge < -0.3 is 24.8 Å². The lowest BCUT2D eigenvalue weighted by Crippen LogP contribution is -2.20. The summed E-state index contributed by atoms with van der Waals surface area (Å²) in [5.74, 6) is 1.02. The van der Waals surface area contributed by atoms with Gasteiger partial charge in [0.1, 0.15) is 19.0 Å². The van der Waals surface area contributed by atoms with Crippen LogP contribution in [0.5, 0.6) is 17.2 Å². The zero-order valence-corrected chi connectivity index (χ0v) is 17.3. The van der Waals surface area contributed by atoms with Gasteiger partial charge in [0.15, 0.2) is 11.5 Å². The third-order valence-corrected chi connectivity index (χ3v) is 4.92. The Morgan fingerprint density at radius 1 is 0.900 bits per heavy atom. The Labute approximate surface area is 181 Å². The maximum Gasteiger partial charge on any atom is 0.323 e. The van der Waals surface area contributed by atoms with E-state index in [9.17, 15) is 9.59 Å². The van der Waals surface area contributed by atoms with Gasteiger partial charge in [-0.05, 0) is 36.4 Å². The molecule has 154 valence electrons. The van der Waals surface area contributed by atoms with Crippen LogP contribution in [0.2, 0.25) is 10.0 Å². The van der Waals surface area contributed by atoms with E-state index in [2.05, 4.69) is 10.6 Å². The summed E-state index contributed by atoms with van der Waals surface area (Å²) in [5, 5.41) is 7.29. The summed E-state index contributed by atoms with van der Waals surface area (Å²) in [6, 6.07) is 11.0. The third kappa shape index (κ3) is 4.22. The number of rotatable bonds is 3. The van der Waals surface area contributed by atoms with Crippen molar-refractivity contribution in [1.82, 2.24) is 0 Å². The molecule has 1 aliphatic heterocycles. The van der Waals surface area contributed by atoms with Gasteiger partial charge in [-0.2, -0.15) is 0 Å². The number of anilines is 2. The van der Waals surface area contributed by atoms with Crippen LogP contribution < -0.4 is 24.8 Å². The van der Waals surface area contributed by atoms with Crippen molar-refractivity contribution in [2.75, 3.05) is 23.8 Å². The first-order valence-electron chi connectivity index (χ1n) is 8.98. The molecule has 0 unspecified atom stereocenters. The highest BCUT2D eigenvalue weighted by Crippen LogP contribution is 2.38. The highest BCUT2D eigenvalue weighted by molar-refractivity contribution is 6.41. The van der Waals surface area contributed by atoms with Gasteiger partial charge in [-0.1, -0.05) is 23.2 Å².